The third-order valence-electron chi connectivity index (χ3n) is 4.96. The monoisotopic (exact) mass is 395 g/mol. The van der Waals surface area contributed by atoms with Crippen molar-refractivity contribution in [1.82, 2.24) is 0 Å². The van der Waals surface area contributed by atoms with E-state index in [9.17, 15) is 14.4 Å². The van der Waals surface area contributed by atoms with Crippen LogP contribution in [0.1, 0.15) is 20.8 Å². The Labute approximate surface area is 167 Å². The van der Waals surface area contributed by atoms with Gasteiger partial charge in [-0.05, 0) is 51.1 Å². The number of nitrogens with one attached hydrogen (secondary N) is 2. The Kier molecular flexibility index (Phi) is 4.62. The number of hydrogen-bond acceptors (Lipinski definition) is 5. The van der Waals surface area contributed by atoms with Crippen molar-refractivity contribution < 1.29 is 23.9 Å². The summed E-state index contributed by atoms with van der Waals surface area (Å²) in [4.78, 5) is 38.9. The molecule has 150 valence electrons. The Balaban J connectivity index is 1.56. The zero-order valence-electron chi connectivity index (χ0n) is 16.3. The van der Waals surface area contributed by atoms with Crippen molar-refractivity contribution in [3.8, 4) is 11.5 Å². The van der Waals surface area contributed by atoms with Crippen LogP contribution in [0.5, 0.6) is 11.5 Å². The summed E-state index contributed by atoms with van der Waals surface area (Å²) >= 11 is 0. The first-order chi connectivity index (χ1) is 13.8. The van der Waals surface area contributed by atoms with Crippen LogP contribution in [-0.4, -0.2) is 36.0 Å². The van der Waals surface area contributed by atoms with Crippen LogP contribution in [-0.2, 0) is 14.4 Å². The highest BCUT2D eigenvalue weighted by Gasteiger charge is 2.37. The van der Waals surface area contributed by atoms with Gasteiger partial charge in [0.1, 0.15) is 17.5 Å². The molecule has 29 heavy (non-hydrogen) atoms. The summed E-state index contributed by atoms with van der Waals surface area (Å²) in [5.74, 6) is 0.195. The molecule has 2 aliphatic heterocycles. The molecular weight excluding hydrogens is 374 g/mol. The fourth-order valence-electron chi connectivity index (χ4n) is 3.36. The number of fused-ring (bicyclic) bond motifs is 2. The van der Waals surface area contributed by atoms with Gasteiger partial charge in [0.15, 0.2) is 12.2 Å². The summed E-state index contributed by atoms with van der Waals surface area (Å²) in [7, 11) is 0. The predicted molar refractivity (Wildman–Crippen MR) is 107 cm³/mol. The summed E-state index contributed by atoms with van der Waals surface area (Å²) in [6.45, 7) is 4.98. The quantitative estimate of drug-likeness (QED) is 0.833. The number of para-hydroxylation sites is 2. The van der Waals surface area contributed by atoms with Crippen molar-refractivity contribution >= 4 is 34.8 Å². The normalized spacial score (nSPS) is 21.1. The molecule has 0 saturated carbocycles. The van der Waals surface area contributed by atoms with E-state index >= 15 is 0 Å². The highest BCUT2D eigenvalue weighted by Crippen LogP contribution is 2.36. The minimum absolute atomic E-state index is 0.251. The number of anilines is 3. The predicted octanol–water partition coefficient (Wildman–Crippen LogP) is 2.55. The summed E-state index contributed by atoms with van der Waals surface area (Å²) in [5.41, 5.74) is 1.53. The number of carbonyl (C=O) groups excluding carboxylic acids is 3. The van der Waals surface area contributed by atoms with E-state index in [1.54, 1.807) is 57.2 Å². The lowest BCUT2D eigenvalue weighted by Crippen LogP contribution is -2.52. The van der Waals surface area contributed by atoms with E-state index < -0.39 is 18.2 Å². The summed E-state index contributed by atoms with van der Waals surface area (Å²) in [6.07, 6.45) is -1.25. The first kappa shape index (κ1) is 18.8. The van der Waals surface area contributed by atoms with Crippen LogP contribution in [0.3, 0.4) is 0 Å². The molecule has 8 nitrogen and oxygen atoms in total. The van der Waals surface area contributed by atoms with Gasteiger partial charge in [-0.1, -0.05) is 12.1 Å². The van der Waals surface area contributed by atoms with Gasteiger partial charge >= 0.3 is 0 Å². The fourth-order valence-corrected chi connectivity index (χ4v) is 3.36. The highest BCUT2D eigenvalue weighted by atomic mass is 16.5. The molecule has 0 spiro atoms. The molecule has 0 saturated heterocycles. The average Bonchev–Trinajstić information content (AvgIpc) is 2.69. The summed E-state index contributed by atoms with van der Waals surface area (Å²) in [5, 5.41) is 5.55. The third kappa shape index (κ3) is 3.37. The van der Waals surface area contributed by atoms with Gasteiger partial charge in [-0.15, -0.1) is 0 Å². The van der Waals surface area contributed by atoms with E-state index in [1.165, 1.54) is 4.90 Å². The van der Waals surface area contributed by atoms with Gasteiger partial charge in [-0.2, -0.15) is 0 Å². The van der Waals surface area contributed by atoms with Gasteiger partial charge in [-0.25, -0.2) is 0 Å². The molecule has 0 aliphatic carbocycles. The molecule has 4 rings (SSSR count). The van der Waals surface area contributed by atoms with E-state index in [0.717, 1.165) is 0 Å². The molecule has 0 fully saturated rings. The molecule has 2 heterocycles. The standard InChI is InChI=1S/C21H21N3O5/c1-11(24-16-6-4-5-7-18(16)29-13(3)21(24)27)19(25)22-14-8-9-17-15(10-14)23-20(26)12(2)28-17/h4-13H,1-3H3,(H,22,25)(H,23,26). The maximum absolute atomic E-state index is 12.9. The topological polar surface area (TPSA) is 97.0 Å². The Hall–Kier alpha value is -3.55. The van der Waals surface area contributed by atoms with E-state index in [0.29, 0.717) is 28.6 Å². The molecular formula is C21H21N3O5. The van der Waals surface area contributed by atoms with Crippen molar-refractivity contribution in [3.05, 3.63) is 42.5 Å². The molecule has 2 aromatic rings. The van der Waals surface area contributed by atoms with Gasteiger partial charge in [-0.3, -0.25) is 19.3 Å². The van der Waals surface area contributed by atoms with Gasteiger partial charge in [0.25, 0.3) is 11.8 Å². The van der Waals surface area contributed by atoms with Gasteiger partial charge in [0.2, 0.25) is 5.91 Å². The summed E-state index contributed by atoms with van der Waals surface area (Å²) in [6, 6.07) is 11.3. The lowest BCUT2D eigenvalue weighted by Gasteiger charge is -2.36. The second-order valence-electron chi connectivity index (χ2n) is 7.06. The van der Waals surface area contributed by atoms with Crippen molar-refractivity contribution in [2.24, 2.45) is 0 Å². The Bertz CT molecular complexity index is 1010. The van der Waals surface area contributed by atoms with E-state index in [1.807, 2.05) is 6.07 Å². The largest absolute Gasteiger partial charge is 0.479 e. The van der Waals surface area contributed by atoms with Gasteiger partial charge in [0, 0.05) is 5.69 Å². The van der Waals surface area contributed by atoms with E-state index in [4.69, 9.17) is 9.47 Å². The van der Waals surface area contributed by atoms with Crippen LogP contribution in [0.4, 0.5) is 17.1 Å². The number of ether oxygens (including phenoxy) is 2. The summed E-state index contributed by atoms with van der Waals surface area (Å²) < 4.78 is 11.1. The molecule has 3 unspecified atom stereocenters. The highest BCUT2D eigenvalue weighted by molar-refractivity contribution is 6.08. The van der Waals surface area contributed by atoms with Crippen LogP contribution in [0.15, 0.2) is 42.5 Å². The zero-order chi connectivity index (χ0) is 20.7. The van der Waals surface area contributed by atoms with Crippen LogP contribution in [0, 0.1) is 0 Å². The van der Waals surface area contributed by atoms with E-state index in [-0.39, 0.29) is 17.7 Å². The fraction of sp³-hybridized carbons (Fsp3) is 0.286. The smallest absolute Gasteiger partial charge is 0.268 e. The van der Waals surface area contributed by atoms with Gasteiger partial charge in [0.05, 0.1) is 11.4 Å². The van der Waals surface area contributed by atoms with Crippen LogP contribution >= 0.6 is 0 Å². The Morgan fingerprint density at radius 1 is 1.07 bits per heavy atom. The first-order valence-corrected chi connectivity index (χ1v) is 9.36. The van der Waals surface area contributed by atoms with Crippen LogP contribution in [0.25, 0.3) is 0 Å². The van der Waals surface area contributed by atoms with Crippen molar-refractivity contribution in [1.29, 1.82) is 0 Å². The van der Waals surface area contributed by atoms with Crippen molar-refractivity contribution in [2.45, 2.75) is 39.0 Å². The van der Waals surface area contributed by atoms with E-state index in [2.05, 4.69) is 10.6 Å². The molecule has 0 aromatic heterocycles. The molecule has 2 N–H and O–H groups in total. The lowest BCUT2D eigenvalue weighted by atomic mass is 10.1. The molecule has 2 aliphatic rings. The molecule has 3 atom stereocenters. The minimum atomic E-state index is -0.767. The number of nitrogens with zero attached hydrogens (tertiary/aromatic N) is 1. The van der Waals surface area contributed by atoms with Gasteiger partial charge < -0.3 is 20.1 Å². The first-order valence-electron chi connectivity index (χ1n) is 9.36. The molecule has 8 heteroatoms. The number of benzene rings is 2. The number of hydrogen-bond donors (Lipinski definition) is 2. The maximum Gasteiger partial charge on any atom is 0.268 e. The SMILES string of the molecule is CC1Oc2ccc(NC(=O)C(C)N3C(=O)C(C)Oc4ccccc43)cc2NC1=O. The zero-order valence-corrected chi connectivity index (χ0v) is 16.3. The second-order valence-corrected chi connectivity index (χ2v) is 7.06. The Morgan fingerprint density at radius 2 is 1.79 bits per heavy atom. The van der Waals surface area contributed by atoms with Crippen molar-refractivity contribution in [2.75, 3.05) is 15.5 Å². The maximum atomic E-state index is 12.9. The Morgan fingerprint density at radius 3 is 2.59 bits per heavy atom. The number of rotatable bonds is 3. The van der Waals surface area contributed by atoms with Crippen LogP contribution < -0.4 is 25.0 Å². The van der Waals surface area contributed by atoms with Crippen LogP contribution in [0.2, 0.25) is 0 Å². The third-order valence-corrected chi connectivity index (χ3v) is 4.96. The van der Waals surface area contributed by atoms with Crippen molar-refractivity contribution in [3.63, 3.8) is 0 Å². The average molecular weight is 395 g/mol. The molecule has 2 aromatic carbocycles. The second kappa shape index (κ2) is 7.12. The lowest BCUT2D eigenvalue weighted by molar-refractivity contribution is -0.128. The number of amides is 3. The molecule has 0 bridgehead atoms. The minimum Gasteiger partial charge on any atom is -0.479 e. The molecule has 0 radical (unpaired) electrons. The molecule has 3 amide bonds. The number of carbonyl (C=O) groups is 3.